The Labute approximate surface area is 180 Å². The van der Waals surface area contributed by atoms with Gasteiger partial charge in [-0.2, -0.15) is 0 Å². The average Bonchev–Trinajstić information content (AvgIpc) is 3.13. The molecule has 0 radical (unpaired) electrons. The molecular weight excluding hydrogens is 396 g/mol. The number of nitrogens with zero attached hydrogens (tertiary/aromatic N) is 2. The van der Waals surface area contributed by atoms with Crippen LogP contribution in [0.1, 0.15) is 30.5 Å². The van der Waals surface area contributed by atoms with E-state index in [1.807, 2.05) is 26.0 Å². The van der Waals surface area contributed by atoms with Crippen LogP contribution in [0.2, 0.25) is 0 Å². The second kappa shape index (κ2) is 9.51. The van der Waals surface area contributed by atoms with Crippen LogP contribution in [-0.4, -0.2) is 46.3 Å². The van der Waals surface area contributed by atoms with E-state index >= 15 is 0 Å². The summed E-state index contributed by atoms with van der Waals surface area (Å²) in [6.45, 7) is 9.19. The number of hydrogen-bond acceptors (Lipinski definition) is 4. The molecule has 2 aromatic carbocycles. The minimum absolute atomic E-state index is 0.341. The number of aliphatic imine (C=N–C) groups is 1. The molecule has 1 atom stereocenters. The molecular formula is C23H32N4O2S. The standard InChI is InChI=1S/C23H32N4O2S/c1-5-24-23(26-16-19-10-11-22(17(2)14-19)30(4,28)29)25-15-18(3)27-13-12-20-8-6-7-9-21(20)27/h6-11,14,18H,5,12-13,15-16H2,1-4H3,(H2,24,25,26). The largest absolute Gasteiger partial charge is 0.366 e. The molecule has 162 valence electrons. The fourth-order valence-corrected chi connectivity index (χ4v) is 4.87. The highest BCUT2D eigenvalue weighted by Gasteiger charge is 2.22. The van der Waals surface area contributed by atoms with Crippen molar-refractivity contribution in [1.82, 2.24) is 10.6 Å². The molecule has 0 spiro atoms. The van der Waals surface area contributed by atoms with Crippen molar-refractivity contribution in [3.8, 4) is 0 Å². The summed E-state index contributed by atoms with van der Waals surface area (Å²) in [4.78, 5) is 7.50. The van der Waals surface area contributed by atoms with Crippen molar-refractivity contribution in [3.63, 3.8) is 0 Å². The van der Waals surface area contributed by atoms with Crippen LogP contribution in [0.5, 0.6) is 0 Å². The normalized spacial score (nSPS) is 15.1. The van der Waals surface area contributed by atoms with Gasteiger partial charge in [0.1, 0.15) is 0 Å². The van der Waals surface area contributed by atoms with Crippen molar-refractivity contribution in [2.75, 3.05) is 30.8 Å². The van der Waals surface area contributed by atoms with Gasteiger partial charge < -0.3 is 15.5 Å². The van der Waals surface area contributed by atoms with E-state index in [1.165, 1.54) is 17.5 Å². The van der Waals surface area contributed by atoms with E-state index in [2.05, 4.69) is 51.7 Å². The summed E-state index contributed by atoms with van der Waals surface area (Å²) in [6.07, 6.45) is 2.33. The number of guanidine groups is 1. The Morgan fingerprint density at radius 3 is 2.67 bits per heavy atom. The summed E-state index contributed by atoms with van der Waals surface area (Å²) < 4.78 is 23.6. The lowest BCUT2D eigenvalue weighted by Gasteiger charge is -2.28. The van der Waals surface area contributed by atoms with Gasteiger partial charge in [0.15, 0.2) is 15.8 Å². The molecule has 1 heterocycles. The third-order valence-electron chi connectivity index (χ3n) is 5.42. The zero-order valence-corrected chi connectivity index (χ0v) is 19.1. The van der Waals surface area contributed by atoms with E-state index in [9.17, 15) is 8.42 Å². The Balaban J connectivity index is 1.63. The van der Waals surface area contributed by atoms with E-state index in [4.69, 9.17) is 0 Å². The van der Waals surface area contributed by atoms with Gasteiger partial charge >= 0.3 is 0 Å². The zero-order chi connectivity index (χ0) is 21.7. The first-order chi connectivity index (χ1) is 14.3. The SMILES string of the molecule is CCNC(=NCc1ccc(S(C)(=O)=O)c(C)c1)NCC(C)N1CCc2ccccc21. The monoisotopic (exact) mass is 428 g/mol. The summed E-state index contributed by atoms with van der Waals surface area (Å²) in [5, 5.41) is 6.74. The fourth-order valence-electron chi connectivity index (χ4n) is 3.91. The zero-order valence-electron chi connectivity index (χ0n) is 18.3. The summed E-state index contributed by atoms with van der Waals surface area (Å²) in [6, 6.07) is 14.3. The topological polar surface area (TPSA) is 73.8 Å². The number of benzene rings is 2. The van der Waals surface area contributed by atoms with Gasteiger partial charge in [-0.1, -0.05) is 30.3 Å². The first kappa shape index (κ1) is 22.2. The number of nitrogens with one attached hydrogen (secondary N) is 2. The minimum atomic E-state index is -3.20. The van der Waals surface area contributed by atoms with Gasteiger partial charge in [-0.05, 0) is 56.0 Å². The van der Waals surface area contributed by atoms with Gasteiger partial charge in [0, 0.05) is 37.6 Å². The highest BCUT2D eigenvalue weighted by atomic mass is 32.2. The van der Waals surface area contributed by atoms with Crippen LogP contribution in [0.4, 0.5) is 5.69 Å². The molecule has 1 aliphatic rings. The summed E-state index contributed by atoms with van der Waals surface area (Å²) in [5.41, 5.74) is 4.48. The molecule has 2 aromatic rings. The Bertz CT molecular complexity index is 1020. The molecule has 1 unspecified atom stereocenters. The summed E-state index contributed by atoms with van der Waals surface area (Å²) in [5.74, 6) is 0.765. The van der Waals surface area contributed by atoms with Crippen molar-refractivity contribution in [1.29, 1.82) is 0 Å². The van der Waals surface area contributed by atoms with Gasteiger partial charge in [-0.25, -0.2) is 13.4 Å². The number of fused-ring (bicyclic) bond motifs is 1. The molecule has 0 saturated heterocycles. The molecule has 0 aliphatic carbocycles. The molecule has 2 N–H and O–H groups in total. The van der Waals surface area contributed by atoms with Crippen LogP contribution >= 0.6 is 0 Å². The number of para-hydroxylation sites is 1. The molecule has 0 saturated carbocycles. The van der Waals surface area contributed by atoms with E-state index in [0.29, 0.717) is 17.5 Å². The number of aryl methyl sites for hydroxylation is 1. The van der Waals surface area contributed by atoms with Crippen LogP contribution < -0.4 is 15.5 Å². The third kappa shape index (κ3) is 5.33. The molecule has 0 fully saturated rings. The van der Waals surface area contributed by atoms with Crippen molar-refractivity contribution in [3.05, 3.63) is 59.2 Å². The van der Waals surface area contributed by atoms with Crippen LogP contribution in [0.25, 0.3) is 0 Å². The smallest absolute Gasteiger partial charge is 0.191 e. The molecule has 1 aliphatic heterocycles. The van der Waals surface area contributed by atoms with Crippen molar-refractivity contribution >= 4 is 21.5 Å². The maximum atomic E-state index is 11.8. The first-order valence-electron chi connectivity index (χ1n) is 10.5. The fraction of sp³-hybridized carbons (Fsp3) is 0.435. The van der Waals surface area contributed by atoms with Crippen LogP contribution in [-0.2, 0) is 22.8 Å². The molecule has 0 aromatic heterocycles. The number of hydrogen-bond donors (Lipinski definition) is 2. The lowest BCUT2D eigenvalue weighted by atomic mass is 10.1. The lowest BCUT2D eigenvalue weighted by molar-refractivity contribution is 0.601. The number of anilines is 1. The predicted octanol–water partition coefficient (Wildman–Crippen LogP) is 2.90. The van der Waals surface area contributed by atoms with Crippen molar-refractivity contribution < 1.29 is 8.42 Å². The average molecular weight is 429 g/mol. The molecule has 0 amide bonds. The van der Waals surface area contributed by atoms with Crippen molar-refractivity contribution in [2.45, 2.75) is 44.7 Å². The second-order valence-electron chi connectivity index (χ2n) is 7.87. The highest BCUT2D eigenvalue weighted by molar-refractivity contribution is 7.90. The van der Waals surface area contributed by atoms with Crippen molar-refractivity contribution in [2.24, 2.45) is 4.99 Å². The molecule has 6 nitrogen and oxygen atoms in total. The quantitative estimate of drug-likeness (QED) is 0.524. The first-order valence-corrected chi connectivity index (χ1v) is 12.3. The lowest BCUT2D eigenvalue weighted by Crippen LogP contribution is -2.45. The molecule has 30 heavy (non-hydrogen) atoms. The second-order valence-corrected chi connectivity index (χ2v) is 9.85. The Morgan fingerprint density at radius 2 is 1.97 bits per heavy atom. The van der Waals surface area contributed by atoms with Gasteiger partial charge in [-0.15, -0.1) is 0 Å². The summed E-state index contributed by atoms with van der Waals surface area (Å²) >= 11 is 0. The van der Waals surface area contributed by atoms with Crippen LogP contribution in [0.3, 0.4) is 0 Å². The Kier molecular flexibility index (Phi) is 7.02. The number of rotatable bonds is 7. The van der Waals surface area contributed by atoms with E-state index < -0.39 is 9.84 Å². The minimum Gasteiger partial charge on any atom is -0.366 e. The molecule has 7 heteroatoms. The van der Waals surface area contributed by atoms with Gasteiger partial charge in [0.05, 0.1) is 11.4 Å². The molecule has 0 bridgehead atoms. The Hall–Kier alpha value is -2.54. The number of sulfone groups is 1. The maximum absolute atomic E-state index is 11.8. The van der Waals surface area contributed by atoms with Crippen LogP contribution in [0, 0.1) is 6.92 Å². The summed E-state index contributed by atoms with van der Waals surface area (Å²) in [7, 11) is -3.20. The van der Waals surface area contributed by atoms with Gasteiger partial charge in [0.2, 0.25) is 0 Å². The Morgan fingerprint density at radius 1 is 1.20 bits per heavy atom. The third-order valence-corrected chi connectivity index (χ3v) is 6.68. The van der Waals surface area contributed by atoms with Gasteiger partial charge in [0.25, 0.3) is 0 Å². The van der Waals surface area contributed by atoms with E-state index in [0.717, 1.165) is 43.1 Å². The predicted molar refractivity (Wildman–Crippen MR) is 124 cm³/mol. The maximum Gasteiger partial charge on any atom is 0.191 e. The highest BCUT2D eigenvalue weighted by Crippen LogP contribution is 2.28. The van der Waals surface area contributed by atoms with E-state index in [1.54, 1.807) is 6.07 Å². The van der Waals surface area contributed by atoms with Crippen LogP contribution in [0.15, 0.2) is 52.4 Å². The van der Waals surface area contributed by atoms with Gasteiger partial charge in [-0.3, -0.25) is 0 Å². The molecule has 3 rings (SSSR count). The van der Waals surface area contributed by atoms with E-state index in [-0.39, 0.29) is 0 Å².